The van der Waals surface area contributed by atoms with Crippen LogP contribution in [0.1, 0.15) is 57.0 Å². The molecule has 2 rings (SSSR count). The summed E-state index contributed by atoms with van der Waals surface area (Å²) in [6, 6.07) is 11.9. The van der Waals surface area contributed by atoms with E-state index in [2.05, 4.69) is 12.2 Å². The number of unbranched alkanes of at least 4 members (excludes halogenated alkanes) is 3. The van der Waals surface area contributed by atoms with Crippen LogP contribution in [0.25, 0.3) is 11.3 Å². The van der Waals surface area contributed by atoms with E-state index in [1.165, 1.54) is 25.7 Å². The van der Waals surface area contributed by atoms with Crippen LogP contribution in [0.15, 0.2) is 40.8 Å². The summed E-state index contributed by atoms with van der Waals surface area (Å²) in [5, 5.41) is 13.0. The normalized spacial score (nSPS) is 12.5. The summed E-state index contributed by atoms with van der Waals surface area (Å²) in [5.41, 5.74) is 1.96. The number of hydrogen-bond acceptors (Lipinski definition) is 3. The summed E-state index contributed by atoms with van der Waals surface area (Å²) < 4.78 is 5.87. The van der Waals surface area contributed by atoms with Gasteiger partial charge in [0.1, 0.15) is 11.5 Å². The molecule has 0 unspecified atom stereocenters. The summed E-state index contributed by atoms with van der Waals surface area (Å²) in [7, 11) is 0. The first kappa shape index (κ1) is 16.8. The highest BCUT2D eigenvalue weighted by atomic mass is 16.3. The van der Waals surface area contributed by atoms with E-state index in [4.69, 9.17) is 4.42 Å². The molecular formula is C19H27NO2. The molecule has 3 heteroatoms. The van der Waals surface area contributed by atoms with Gasteiger partial charge in [0, 0.05) is 5.56 Å². The summed E-state index contributed by atoms with van der Waals surface area (Å²) in [6.07, 6.45) is 4.67. The number of nitrogens with one attached hydrogen (secondary N) is 1. The topological polar surface area (TPSA) is 45.4 Å². The maximum Gasteiger partial charge on any atom is 0.134 e. The lowest BCUT2D eigenvalue weighted by molar-refractivity contribution is 0.199. The molecule has 1 aromatic heterocycles. The molecule has 0 radical (unpaired) electrons. The Morgan fingerprint density at radius 1 is 1.05 bits per heavy atom. The van der Waals surface area contributed by atoms with Crippen LogP contribution in [0.5, 0.6) is 0 Å². The van der Waals surface area contributed by atoms with Crippen molar-refractivity contribution in [3.8, 4) is 11.3 Å². The van der Waals surface area contributed by atoms with Crippen molar-refractivity contribution in [2.24, 2.45) is 0 Å². The predicted molar refractivity (Wildman–Crippen MR) is 90.6 cm³/mol. The Kier molecular flexibility index (Phi) is 6.69. The van der Waals surface area contributed by atoms with Crippen LogP contribution in [0.2, 0.25) is 0 Å². The van der Waals surface area contributed by atoms with E-state index in [9.17, 15) is 5.11 Å². The Balaban J connectivity index is 1.83. The van der Waals surface area contributed by atoms with E-state index in [-0.39, 0.29) is 0 Å². The third kappa shape index (κ3) is 5.00. The van der Waals surface area contributed by atoms with Gasteiger partial charge in [-0.25, -0.2) is 0 Å². The maximum atomic E-state index is 9.53. The second-order valence-corrected chi connectivity index (χ2v) is 5.80. The van der Waals surface area contributed by atoms with Gasteiger partial charge >= 0.3 is 0 Å². The van der Waals surface area contributed by atoms with Crippen LogP contribution in [0.4, 0.5) is 0 Å². The fourth-order valence-corrected chi connectivity index (χ4v) is 2.44. The molecule has 1 aromatic carbocycles. The lowest BCUT2D eigenvalue weighted by Gasteiger charge is -2.05. The van der Waals surface area contributed by atoms with Crippen LogP contribution in [0, 0.1) is 0 Å². The number of furan rings is 1. The van der Waals surface area contributed by atoms with Gasteiger partial charge < -0.3 is 14.8 Å². The molecule has 0 aliphatic rings. The summed E-state index contributed by atoms with van der Waals surface area (Å²) in [6.45, 7) is 5.81. The molecule has 1 atom stereocenters. The van der Waals surface area contributed by atoms with Crippen molar-refractivity contribution in [3.05, 3.63) is 47.7 Å². The zero-order valence-corrected chi connectivity index (χ0v) is 13.6. The average Bonchev–Trinajstić information content (AvgIpc) is 3.00. The van der Waals surface area contributed by atoms with Gasteiger partial charge in [0.05, 0.1) is 12.6 Å². The number of hydrogen-bond donors (Lipinski definition) is 2. The minimum Gasteiger partial charge on any atom is -0.460 e. The molecule has 0 aliphatic carbocycles. The van der Waals surface area contributed by atoms with Gasteiger partial charge in [-0.2, -0.15) is 0 Å². The van der Waals surface area contributed by atoms with E-state index < -0.39 is 6.10 Å². The van der Waals surface area contributed by atoms with E-state index in [1.807, 2.05) is 36.4 Å². The molecule has 0 spiro atoms. The van der Waals surface area contributed by atoms with Gasteiger partial charge in [-0.3, -0.25) is 0 Å². The van der Waals surface area contributed by atoms with Crippen LogP contribution in [0.3, 0.4) is 0 Å². The molecule has 2 N–H and O–H groups in total. The molecular weight excluding hydrogens is 274 g/mol. The van der Waals surface area contributed by atoms with Gasteiger partial charge in [-0.15, -0.1) is 0 Å². The summed E-state index contributed by atoms with van der Waals surface area (Å²) in [4.78, 5) is 0. The molecule has 1 heterocycles. The number of rotatable bonds is 9. The van der Waals surface area contributed by atoms with Crippen molar-refractivity contribution in [3.63, 3.8) is 0 Å². The molecule has 22 heavy (non-hydrogen) atoms. The quantitative estimate of drug-likeness (QED) is 0.662. The highest BCUT2D eigenvalue weighted by Crippen LogP contribution is 2.24. The molecule has 120 valence electrons. The molecule has 0 amide bonds. The smallest absolute Gasteiger partial charge is 0.134 e. The van der Waals surface area contributed by atoms with Crippen molar-refractivity contribution in [2.45, 2.75) is 52.2 Å². The monoisotopic (exact) mass is 301 g/mol. The predicted octanol–water partition coefficient (Wildman–Crippen LogP) is 4.67. The fraction of sp³-hybridized carbons (Fsp3) is 0.474. The van der Waals surface area contributed by atoms with Crippen molar-refractivity contribution >= 4 is 0 Å². The minimum absolute atomic E-state index is 0.432. The zero-order valence-electron chi connectivity index (χ0n) is 13.6. The van der Waals surface area contributed by atoms with Gasteiger partial charge in [-0.05, 0) is 37.6 Å². The maximum absolute atomic E-state index is 9.53. The number of aliphatic hydroxyl groups is 1. The molecule has 0 saturated heterocycles. The van der Waals surface area contributed by atoms with Crippen molar-refractivity contribution in [1.82, 2.24) is 5.32 Å². The summed E-state index contributed by atoms with van der Waals surface area (Å²) >= 11 is 0. The Hall–Kier alpha value is -1.58. The Labute approximate surface area is 133 Å². The second-order valence-electron chi connectivity index (χ2n) is 5.80. The van der Waals surface area contributed by atoms with E-state index in [1.54, 1.807) is 6.92 Å². The highest BCUT2D eigenvalue weighted by Gasteiger charge is 2.06. The third-order valence-electron chi connectivity index (χ3n) is 3.85. The van der Waals surface area contributed by atoms with E-state index >= 15 is 0 Å². The van der Waals surface area contributed by atoms with E-state index in [0.29, 0.717) is 0 Å². The lowest BCUT2D eigenvalue weighted by atomic mass is 10.1. The van der Waals surface area contributed by atoms with Crippen molar-refractivity contribution < 1.29 is 9.52 Å². The van der Waals surface area contributed by atoms with Crippen LogP contribution < -0.4 is 5.32 Å². The number of aliphatic hydroxyl groups excluding tert-OH is 1. The average molecular weight is 301 g/mol. The van der Waals surface area contributed by atoms with Crippen molar-refractivity contribution in [1.29, 1.82) is 0 Å². The van der Waals surface area contributed by atoms with Crippen LogP contribution in [-0.2, 0) is 6.54 Å². The third-order valence-corrected chi connectivity index (χ3v) is 3.85. The molecule has 0 saturated carbocycles. The Bertz CT molecular complexity index is 543. The zero-order chi connectivity index (χ0) is 15.8. The van der Waals surface area contributed by atoms with Crippen molar-refractivity contribution in [2.75, 3.05) is 6.54 Å². The molecule has 2 aromatic rings. The number of benzene rings is 1. The fourth-order valence-electron chi connectivity index (χ4n) is 2.44. The van der Waals surface area contributed by atoms with Crippen LogP contribution in [-0.4, -0.2) is 11.7 Å². The molecule has 0 aliphatic heterocycles. The summed E-state index contributed by atoms with van der Waals surface area (Å²) in [5.74, 6) is 1.84. The molecule has 0 bridgehead atoms. The van der Waals surface area contributed by atoms with Crippen LogP contribution >= 0.6 is 0 Å². The van der Waals surface area contributed by atoms with Gasteiger partial charge in [0.25, 0.3) is 0 Å². The highest BCUT2D eigenvalue weighted by molar-refractivity contribution is 5.58. The Morgan fingerprint density at radius 2 is 1.82 bits per heavy atom. The molecule has 0 fully saturated rings. The second kappa shape index (κ2) is 8.76. The lowest BCUT2D eigenvalue weighted by Crippen LogP contribution is -2.14. The van der Waals surface area contributed by atoms with Gasteiger partial charge in [0.2, 0.25) is 0 Å². The van der Waals surface area contributed by atoms with Gasteiger partial charge in [-0.1, -0.05) is 50.5 Å². The minimum atomic E-state index is -0.432. The standard InChI is InChI=1S/C19H27NO2/c1-3-4-5-6-13-20-14-18-11-12-19(22-18)17-9-7-16(8-10-17)15(2)21/h7-12,15,20-21H,3-6,13-14H2,1-2H3/t15-/m0/s1. The SMILES string of the molecule is CCCCCCNCc1ccc(-c2ccc([C@H](C)O)cc2)o1. The van der Waals surface area contributed by atoms with E-state index in [0.717, 1.165) is 35.7 Å². The first-order valence-corrected chi connectivity index (χ1v) is 8.28. The largest absolute Gasteiger partial charge is 0.460 e. The first-order valence-electron chi connectivity index (χ1n) is 8.28. The Morgan fingerprint density at radius 3 is 2.50 bits per heavy atom. The van der Waals surface area contributed by atoms with Gasteiger partial charge in [0.15, 0.2) is 0 Å². The first-order chi connectivity index (χ1) is 10.7. The molecule has 3 nitrogen and oxygen atoms in total.